The minimum absolute atomic E-state index is 0.0724. The third kappa shape index (κ3) is 3.18. The van der Waals surface area contributed by atoms with Gasteiger partial charge in [0.25, 0.3) is 0 Å². The predicted octanol–water partition coefficient (Wildman–Crippen LogP) is 1.38. The Hall–Kier alpha value is -0.720. The Morgan fingerprint density at radius 2 is 2.06 bits per heavy atom. The van der Waals surface area contributed by atoms with E-state index >= 15 is 0 Å². The lowest BCUT2D eigenvalue weighted by atomic mass is 10.1. The highest BCUT2D eigenvalue weighted by atomic mass is 79.9. The highest BCUT2D eigenvalue weighted by Crippen LogP contribution is 2.21. The third-order valence-electron chi connectivity index (χ3n) is 2.87. The van der Waals surface area contributed by atoms with Gasteiger partial charge in [0.05, 0.1) is 7.11 Å². The molecule has 1 N–H and O–H groups in total. The Bertz CT molecular complexity index is 463. The van der Waals surface area contributed by atoms with E-state index < -0.39 is 16.8 Å². The summed E-state index contributed by atoms with van der Waals surface area (Å²) in [5.41, 5.74) is 1.03. The molecule has 1 aromatic rings. The molecule has 0 saturated carbocycles. The summed E-state index contributed by atoms with van der Waals surface area (Å²) in [6, 6.07) is 7.22. The molecule has 0 amide bonds. The Morgan fingerprint density at radius 3 is 2.67 bits per heavy atom. The second-order valence-corrected chi connectivity index (χ2v) is 6.58. The SMILES string of the molecule is COC(=O)C1CS(=O)CC(c2ccc(Br)cc2)N1. The van der Waals surface area contributed by atoms with Crippen LogP contribution in [0.4, 0.5) is 0 Å². The van der Waals surface area contributed by atoms with Gasteiger partial charge in [-0.25, -0.2) is 0 Å². The predicted molar refractivity (Wildman–Crippen MR) is 73.7 cm³/mol. The maximum absolute atomic E-state index is 11.8. The van der Waals surface area contributed by atoms with Crippen molar-refractivity contribution in [2.45, 2.75) is 12.1 Å². The van der Waals surface area contributed by atoms with Gasteiger partial charge in [-0.1, -0.05) is 28.1 Å². The molecule has 98 valence electrons. The van der Waals surface area contributed by atoms with Crippen molar-refractivity contribution >= 4 is 32.7 Å². The first-order valence-electron chi connectivity index (χ1n) is 5.54. The van der Waals surface area contributed by atoms with Crippen LogP contribution in [0.15, 0.2) is 28.7 Å². The standard InChI is InChI=1S/C12H14BrNO3S/c1-17-12(15)11-7-18(16)6-10(14-11)8-2-4-9(13)5-3-8/h2-5,10-11,14H,6-7H2,1H3. The smallest absolute Gasteiger partial charge is 0.323 e. The number of benzene rings is 1. The number of carbonyl (C=O) groups excluding carboxylic acids is 1. The molecule has 0 aromatic heterocycles. The zero-order valence-corrected chi connectivity index (χ0v) is 12.3. The van der Waals surface area contributed by atoms with Crippen molar-refractivity contribution in [3.05, 3.63) is 34.3 Å². The lowest BCUT2D eigenvalue weighted by Gasteiger charge is -2.29. The first-order valence-corrected chi connectivity index (χ1v) is 7.82. The van der Waals surface area contributed by atoms with E-state index in [-0.39, 0.29) is 12.0 Å². The highest BCUT2D eigenvalue weighted by Gasteiger charge is 2.31. The van der Waals surface area contributed by atoms with Crippen molar-refractivity contribution in [1.82, 2.24) is 5.32 Å². The number of ether oxygens (including phenoxy) is 1. The normalized spacial score (nSPS) is 27.8. The first-order chi connectivity index (χ1) is 8.60. The van der Waals surface area contributed by atoms with Crippen LogP contribution in [0.2, 0.25) is 0 Å². The number of esters is 1. The molecule has 3 atom stereocenters. The molecule has 2 rings (SSSR count). The van der Waals surface area contributed by atoms with Crippen molar-refractivity contribution in [2.24, 2.45) is 0 Å². The first kappa shape index (κ1) is 13.7. The van der Waals surface area contributed by atoms with Gasteiger partial charge in [-0.2, -0.15) is 0 Å². The van der Waals surface area contributed by atoms with Crippen LogP contribution in [0.3, 0.4) is 0 Å². The monoisotopic (exact) mass is 331 g/mol. The Kier molecular flexibility index (Phi) is 4.53. The van der Waals surface area contributed by atoms with Crippen LogP contribution in [0, 0.1) is 0 Å². The second kappa shape index (κ2) is 5.95. The molecule has 0 spiro atoms. The average molecular weight is 332 g/mol. The molecule has 6 heteroatoms. The highest BCUT2D eigenvalue weighted by molar-refractivity contribution is 9.10. The maximum Gasteiger partial charge on any atom is 0.323 e. The number of hydrogen-bond donors (Lipinski definition) is 1. The van der Waals surface area contributed by atoms with E-state index in [1.165, 1.54) is 7.11 Å². The maximum atomic E-state index is 11.8. The Labute approximate surface area is 117 Å². The summed E-state index contributed by atoms with van der Waals surface area (Å²) in [6.45, 7) is 0. The van der Waals surface area contributed by atoms with Gasteiger partial charge in [0, 0.05) is 32.8 Å². The van der Waals surface area contributed by atoms with Crippen LogP contribution in [-0.4, -0.2) is 34.8 Å². The number of rotatable bonds is 2. The topological polar surface area (TPSA) is 55.4 Å². The molecule has 0 bridgehead atoms. The molecule has 0 radical (unpaired) electrons. The largest absolute Gasteiger partial charge is 0.468 e. The average Bonchev–Trinajstić information content (AvgIpc) is 2.38. The molecule has 4 nitrogen and oxygen atoms in total. The third-order valence-corrected chi connectivity index (χ3v) is 4.80. The zero-order chi connectivity index (χ0) is 13.1. The second-order valence-electron chi connectivity index (χ2n) is 4.12. The summed E-state index contributed by atoms with van der Waals surface area (Å²) >= 11 is 3.37. The molecular formula is C12H14BrNO3S. The van der Waals surface area contributed by atoms with Crippen LogP contribution in [-0.2, 0) is 20.3 Å². The van der Waals surface area contributed by atoms with Gasteiger partial charge in [-0.05, 0) is 17.7 Å². The van der Waals surface area contributed by atoms with Crippen molar-refractivity contribution in [2.75, 3.05) is 18.6 Å². The summed E-state index contributed by atoms with van der Waals surface area (Å²) < 4.78 is 17.5. The van der Waals surface area contributed by atoms with Crippen LogP contribution in [0.5, 0.6) is 0 Å². The van der Waals surface area contributed by atoms with E-state index in [4.69, 9.17) is 4.74 Å². The van der Waals surface area contributed by atoms with Gasteiger partial charge in [0.2, 0.25) is 0 Å². The van der Waals surface area contributed by atoms with E-state index in [1.54, 1.807) is 0 Å². The Balaban J connectivity index is 2.15. The summed E-state index contributed by atoms with van der Waals surface area (Å²) in [4.78, 5) is 11.5. The minimum Gasteiger partial charge on any atom is -0.468 e. The molecule has 1 heterocycles. The number of hydrogen-bond acceptors (Lipinski definition) is 4. The lowest BCUT2D eigenvalue weighted by Crippen LogP contribution is -2.49. The van der Waals surface area contributed by atoms with Crippen LogP contribution >= 0.6 is 15.9 Å². The molecule has 1 fully saturated rings. The van der Waals surface area contributed by atoms with E-state index in [9.17, 15) is 9.00 Å². The van der Waals surface area contributed by atoms with Gasteiger partial charge in [-0.3, -0.25) is 14.3 Å². The van der Waals surface area contributed by atoms with Crippen molar-refractivity contribution in [3.63, 3.8) is 0 Å². The zero-order valence-electron chi connectivity index (χ0n) is 9.89. The van der Waals surface area contributed by atoms with E-state index in [0.717, 1.165) is 10.0 Å². The lowest BCUT2D eigenvalue weighted by molar-refractivity contribution is -0.142. The van der Waals surface area contributed by atoms with Gasteiger partial charge in [0.15, 0.2) is 0 Å². The van der Waals surface area contributed by atoms with Crippen molar-refractivity contribution < 1.29 is 13.7 Å². The molecule has 1 saturated heterocycles. The van der Waals surface area contributed by atoms with Crippen LogP contribution in [0.1, 0.15) is 11.6 Å². The quantitative estimate of drug-likeness (QED) is 0.832. The molecule has 1 aliphatic rings. The van der Waals surface area contributed by atoms with Gasteiger partial charge in [0.1, 0.15) is 6.04 Å². The summed E-state index contributed by atoms with van der Waals surface area (Å²) in [5, 5.41) is 3.19. The fourth-order valence-corrected chi connectivity index (χ4v) is 3.61. The van der Waals surface area contributed by atoms with Crippen molar-refractivity contribution in [1.29, 1.82) is 0 Å². The summed E-state index contributed by atoms with van der Waals surface area (Å²) in [7, 11) is 0.340. The van der Waals surface area contributed by atoms with E-state index in [2.05, 4.69) is 21.2 Å². The molecule has 3 unspecified atom stereocenters. The number of methoxy groups -OCH3 is 1. The molecule has 1 aromatic carbocycles. The van der Waals surface area contributed by atoms with E-state index in [1.807, 2.05) is 24.3 Å². The minimum atomic E-state index is -1.00. The summed E-state index contributed by atoms with van der Waals surface area (Å²) in [6.07, 6.45) is 0. The van der Waals surface area contributed by atoms with Crippen LogP contribution < -0.4 is 5.32 Å². The van der Waals surface area contributed by atoms with Gasteiger partial charge in [-0.15, -0.1) is 0 Å². The Morgan fingerprint density at radius 1 is 1.39 bits per heavy atom. The molecule has 0 aliphatic carbocycles. The number of halogens is 1. The molecular weight excluding hydrogens is 318 g/mol. The fourth-order valence-electron chi connectivity index (χ4n) is 1.94. The summed E-state index contributed by atoms with van der Waals surface area (Å²) in [5.74, 6) is 0.486. The van der Waals surface area contributed by atoms with Crippen molar-refractivity contribution in [3.8, 4) is 0 Å². The van der Waals surface area contributed by atoms with Gasteiger partial charge < -0.3 is 4.74 Å². The van der Waals surface area contributed by atoms with E-state index in [0.29, 0.717) is 11.5 Å². The molecule has 1 aliphatic heterocycles. The number of nitrogens with one attached hydrogen (secondary N) is 1. The van der Waals surface area contributed by atoms with Crippen LogP contribution in [0.25, 0.3) is 0 Å². The molecule has 18 heavy (non-hydrogen) atoms. The fraction of sp³-hybridized carbons (Fsp3) is 0.417. The van der Waals surface area contributed by atoms with Gasteiger partial charge >= 0.3 is 5.97 Å². The number of carbonyl (C=O) groups is 1.